The highest BCUT2D eigenvalue weighted by Gasteiger charge is 2.32. The molecule has 2 fully saturated rings. The van der Waals surface area contributed by atoms with Crippen molar-refractivity contribution in [2.24, 2.45) is 0 Å². The van der Waals surface area contributed by atoms with Crippen LogP contribution in [0.3, 0.4) is 0 Å². The Morgan fingerprint density at radius 1 is 0.792 bits per heavy atom. The Kier molecular flexibility index (Phi) is 15.7. The van der Waals surface area contributed by atoms with Crippen molar-refractivity contribution in [1.29, 1.82) is 0 Å². The minimum atomic E-state index is -4.32. The number of methoxy groups -OCH3 is 1. The van der Waals surface area contributed by atoms with Crippen LogP contribution in [0, 0.1) is 0 Å². The maximum Gasteiger partial charge on any atom is 0.416 e. The van der Waals surface area contributed by atoms with Crippen molar-refractivity contribution in [3.63, 3.8) is 0 Å². The Hall–Kier alpha value is -2.40. The highest BCUT2D eigenvalue weighted by atomic mass is 79.9. The second-order valence-electron chi connectivity index (χ2n) is 11.1. The molecule has 0 saturated carbocycles. The smallest absolute Gasteiger partial charge is 0.416 e. The SMILES string of the molecule is Br.Br.CC(=O)O.COC(=O)N1CCC(c2csc3cc(C(F)(F)F)ccc23)CC1.FC(F)(F)c1ccc2c(C3CCNCC3)csc2c1. The van der Waals surface area contributed by atoms with Gasteiger partial charge in [-0.25, -0.2) is 4.79 Å². The first-order chi connectivity index (χ1) is 21.7. The number of carbonyl (C=O) groups is 2. The van der Waals surface area contributed by atoms with E-state index >= 15 is 0 Å². The van der Waals surface area contributed by atoms with Gasteiger partial charge in [-0.15, -0.1) is 56.6 Å². The highest BCUT2D eigenvalue weighted by molar-refractivity contribution is 8.93. The lowest BCUT2D eigenvalue weighted by Crippen LogP contribution is -2.37. The van der Waals surface area contributed by atoms with Crippen LogP contribution in [0.4, 0.5) is 31.1 Å². The molecule has 6 nitrogen and oxygen atoms in total. The third-order valence-corrected chi connectivity index (χ3v) is 9.94. The maximum atomic E-state index is 12.8. The van der Waals surface area contributed by atoms with Gasteiger partial charge in [0.25, 0.3) is 5.97 Å². The molecule has 48 heavy (non-hydrogen) atoms. The average molecular weight is 851 g/mol. The van der Waals surface area contributed by atoms with Crippen LogP contribution in [0.5, 0.6) is 0 Å². The second kappa shape index (κ2) is 18.0. The van der Waals surface area contributed by atoms with E-state index in [0.29, 0.717) is 23.7 Å². The lowest BCUT2D eigenvalue weighted by atomic mass is 9.89. The number of thiophene rings is 2. The number of hydrogen-bond donors (Lipinski definition) is 2. The molecule has 2 saturated heterocycles. The zero-order valence-corrected chi connectivity index (χ0v) is 31.0. The lowest BCUT2D eigenvalue weighted by Gasteiger charge is -2.30. The summed E-state index contributed by atoms with van der Waals surface area (Å²) in [6.45, 7) is 4.27. The second-order valence-corrected chi connectivity index (χ2v) is 12.9. The summed E-state index contributed by atoms with van der Waals surface area (Å²) in [5.41, 5.74) is 1.14. The van der Waals surface area contributed by atoms with Gasteiger partial charge in [0, 0.05) is 29.4 Å². The number of carboxylic acids is 1. The number of halogens is 8. The Morgan fingerprint density at radius 2 is 1.19 bits per heavy atom. The molecule has 2 N–H and O–H groups in total. The van der Waals surface area contributed by atoms with Crippen molar-refractivity contribution < 1.29 is 45.8 Å². The number of ether oxygens (including phenoxy) is 1. The van der Waals surface area contributed by atoms with Gasteiger partial charge in [-0.2, -0.15) is 26.3 Å². The molecular formula is C32H36Br2F6N2O4S2. The molecular weight excluding hydrogens is 814 g/mol. The lowest BCUT2D eigenvalue weighted by molar-refractivity contribution is -0.138. The first-order valence-electron chi connectivity index (χ1n) is 14.6. The molecule has 2 aliphatic heterocycles. The summed E-state index contributed by atoms with van der Waals surface area (Å²) >= 11 is 2.76. The van der Waals surface area contributed by atoms with Crippen molar-refractivity contribution in [2.45, 2.75) is 56.8 Å². The molecule has 16 heteroatoms. The number of alkyl halides is 6. The van der Waals surface area contributed by atoms with Gasteiger partial charge in [0.15, 0.2) is 0 Å². The zero-order valence-electron chi connectivity index (χ0n) is 26.0. The van der Waals surface area contributed by atoms with Crippen LogP contribution in [-0.2, 0) is 21.9 Å². The molecule has 4 aromatic rings. The third kappa shape index (κ3) is 10.8. The van der Waals surface area contributed by atoms with E-state index in [1.54, 1.807) is 17.0 Å². The van der Waals surface area contributed by atoms with Crippen molar-refractivity contribution in [1.82, 2.24) is 10.2 Å². The minimum absolute atomic E-state index is 0. The number of benzene rings is 2. The van der Waals surface area contributed by atoms with Gasteiger partial charge in [0.1, 0.15) is 0 Å². The molecule has 6 rings (SSSR count). The summed E-state index contributed by atoms with van der Waals surface area (Å²) in [5, 5.41) is 16.6. The van der Waals surface area contributed by atoms with E-state index in [2.05, 4.69) is 5.32 Å². The quantitative estimate of drug-likeness (QED) is 0.197. The minimum Gasteiger partial charge on any atom is -0.481 e. The number of likely N-dealkylation sites (tertiary alicyclic amines) is 1. The summed E-state index contributed by atoms with van der Waals surface area (Å²) in [7, 11) is 1.36. The van der Waals surface area contributed by atoms with Crippen LogP contribution in [-0.4, -0.2) is 55.4 Å². The third-order valence-electron chi connectivity index (χ3n) is 8.01. The first-order valence-corrected chi connectivity index (χ1v) is 16.3. The number of aliphatic carboxylic acids is 1. The topological polar surface area (TPSA) is 78.9 Å². The number of carboxylic acid groups (broad SMARTS) is 1. The number of nitrogens with one attached hydrogen (secondary N) is 1. The van der Waals surface area contributed by atoms with Gasteiger partial charge >= 0.3 is 18.4 Å². The number of fused-ring (bicyclic) bond motifs is 2. The van der Waals surface area contributed by atoms with Gasteiger partial charge in [-0.3, -0.25) is 4.79 Å². The fourth-order valence-corrected chi connectivity index (χ4v) is 7.88. The first kappa shape index (κ1) is 41.8. The van der Waals surface area contributed by atoms with E-state index in [0.717, 1.165) is 72.8 Å². The molecule has 2 aliphatic rings. The van der Waals surface area contributed by atoms with Crippen LogP contribution in [0.1, 0.15) is 66.7 Å². The fourth-order valence-electron chi connectivity index (χ4n) is 5.72. The van der Waals surface area contributed by atoms with E-state index in [4.69, 9.17) is 14.6 Å². The van der Waals surface area contributed by atoms with Gasteiger partial charge in [0.05, 0.1) is 18.2 Å². The zero-order chi connectivity index (χ0) is 33.6. The Labute approximate surface area is 303 Å². The van der Waals surface area contributed by atoms with Crippen LogP contribution in [0.15, 0.2) is 47.2 Å². The van der Waals surface area contributed by atoms with Crippen molar-refractivity contribution in [3.05, 3.63) is 69.4 Å². The number of piperidine rings is 2. The highest BCUT2D eigenvalue weighted by Crippen LogP contribution is 2.41. The molecule has 0 radical (unpaired) electrons. The summed E-state index contributed by atoms with van der Waals surface area (Å²) in [5.74, 6) is -0.0897. The molecule has 0 spiro atoms. The van der Waals surface area contributed by atoms with E-state index < -0.39 is 29.4 Å². The predicted molar refractivity (Wildman–Crippen MR) is 188 cm³/mol. The largest absolute Gasteiger partial charge is 0.481 e. The Balaban J connectivity index is 0.000000293. The van der Waals surface area contributed by atoms with Crippen LogP contribution in [0.25, 0.3) is 20.2 Å². The molecule has 4 heterocycles. The van der Waals surface area contributed by atoms with Crippen molar-refractivity contribution in [3.8, 4) is 0 Å². The molecule has 1 amide bonds. The van der Waals surface area contributed by atoms with Crippen LogP contribution in [0.2, 0.25) is 0 Å². The molecule has 0 atom stereocenters. The molecule has 0 bridgehead atoms. The summed E-state index contributed by atoms with van der Waals surface area (Å²) < 4.78 is 82.5. The number of amides is 1. The standard InChI is InChI=1S/C16H16F3NO2S.C14H14F3NS.C2H4O2.2BrH/c1-22-15(21)20-6-4-10(5-7-20)13-9-23-14-8-11(16(17,18)19)2-3-12(13)14;15-14(16,17)10-1-2-11-12(8-19-13(11)7-10)9-3-5-18-6-4-9;1-2(3)4;;/h2-3,8-10H,4-7H2,1H3;1-2,7-9,18H,3-6H2;1H3,(H,3,4);2*1H. The van der Waals surface area contributed by atoms with E-state index in [1.807, 2.05) is 10.8 Å². The van der Waals surface area contributed by atoms with Crippen LogP contribution >= 0.6 is 56.6 Å². The van der Waals surface area contributed by atoms with E-state index in [9.17, 15) is 31.1 Å². The molecule has 2 aromatic carbocycles. The summed E-state index contributed by atoms with van der Waals surface area (Å²) in [6, 6.07) is 8.02. The number of carbonyl (C=O) groups excluding carboxylic acids is 1. The monoisotopic (exact) mass is 848 g/mol. The normalized spacial score (nSPS) is 15.7. The fraction of sp³-hybridized carbons (Fsp3) is 0.438. The van der Waals surface area contributed by atoms with Gasteiger partial charge in [0.2, 0.25) is 0 Å². The van der Waals surface area contributed by atoms with Crippen molar-refractivity contribution in [2.75, 3.05) is 33.3 Å². The van der Waals surface area contributed by atoms with Crippen molar-refractivity contribution >= 4 is 88.9 Å². The van der Waals surface area contributed by atoms with E-state index in [-0.39, 0.29) is 46.0 Å². The number of rotatable bonds is 2. The van der Waals surface area contributed by atoms with Gasteiger partial charge in [-0.05, 0) is 108 Å². The number of hydrogen-bond acceptors (Lipinski definition) is 6. The van der Waals surface area contributed by atoms with Crippen LogP contribution < -0.4 is 5.32 Å². The van der Waals surface area contributed by atoms with Gasteiger partial charge < -0.3 is 20.1 Å². The van der Waals surface area contributed by atoms with E-state index in [1.165, 1.54) is 53.5 Å². The molecule has 2 aromatic heterocycles. The predicted octanol–water partition coefficient (Wildman–Crippen LogP) is 10.5. The summed E-state index contributed by atoms with van der Waals surface area (Å²) in [6.07, 6.45) is -5.19. The molecule has 266 valence electrons. The Bertz CT molecular complexity index is 1640. The number of nitrogens with zero attached hydrogens (tertiary/aromatic N) is 1. The van der Waals surface area contributed by atoms with Gasteiger partial charge in [-0.1, -0.05) is 12.1 Å². The molecule has 0 aliphatic carbocycles. The summed E-state index contributed by atoms with van der Waals surface area (Å²) in [4.78, 5) is 22.2. The Morgan fingerprint density at radius 3 is 1.56 bits per heavy atom. The average Bonchev–Trinajstić information content (AvgIpc) is 3.64. The molecule has 0 unspecified atom stereocenters. The maximum absolute atomic E-state index is 12.8.